The van der Waals surface area contributed by atoms with Crippen molar-refractivity contribution < 1.29 is 9.53 Å². The third kappa shape index (κ3) is 4.35. The highest BCUT2D eigenvalue weighted by Gasteiger charge is 2.13. The Morgan fingerprint density at radius 1 is 1.04 bits per heavy atom. The van der Waals surface area contributed by atoms with Gasteiger partial charge in [-0.2, -0.15) is 0 Å². The summed E-state index contributed by atoms with van der Waals surface area (Å²) in [6.45, 7) is 3.65. The van der Waals surface area contributed by atoms with Gasteiger partial charge in [-0.15, -0.1) is 0 Å². The number of hydrogen-bond acceptors (Lipinski definition) is 5. The number of rotatable bonds is 5. The van der Waals surface area contributed by atoms with Crippen LogP contribution >= 0.6 is 0 Å². The maximum absolute atomic E-state index is 12.5. The van der Waals surface area contributed by atoms with E-state index in [9.17, 15) is 4.79 Å². The molecule has 1 N–H and O–H groups in total. The van der Waals surface area contributed by atoms with E-state index in [0.29, 0.717) is 12.1 Å². The fourth-order valence-electron chi connectivity index (χ4n) is 3.13. The van der Waals surface area contributed by atoms with Crippen LogP contribution in [0.1, 0.15) is 15.9 Å². The predicted molar refractivity (Wildman–Crippen MR) is 108 cm³/mol. The number of amides is 1. The lowest BCUT2D eigenvalue weighted by Crippen LogP contribution is -2.36. The van der Waals surface area contributed by atoms with Gasteiger partial charge in [0.15, 0.2) is 0 Å². The quantitative estimate of drug-likeness (QED) is 0.744. The van der Waals surface area contributed by atoms with Crippen molar-refractivity contribution in [2.24, 2.45) is 0 Å². The second-order valence-corrected chi connectivity index (χ2v) is 6.60. The van der Waals surface area contributed by atoms with E-state index in [4.69, 9.17) is 4.74 Å². The summed E-state index contributed by atoms with van der Waals surface area (Å²) in [5, 5.41) is 2.95. The summed E-state index contributed by atoms with van der Waals surface area (Å²) in [7, 11) is 0. The third-order valence-electron chi connectivity index (χ3n) is 4.70. The molecule has 3 aromatic rings. The Balaban J connectivity index is 1.44. The van der Waals surface area contributed by atoms with E-state index in [0.717, 1.165) is 48.9 Å². The van der Waals surface area contributed by atoms with Crippen LogP contribution in [0, 0.1) is 0 Å². The normalized spacial score (nSPS) is 13.9. The van der Waals surface area contributed by atoms with Crippen LogP contribution in [-0.2, 0) is 11.3 Å². The maximum Gasteiger partial charge on any atom is 0.251 e. The molecule has 4 rings (SSSR count). The Labute approximate surface area is 164 Å². The van der Waals surface area contributed by atoms with Crippen molar-refractivity contribution >= 4 is 11.7 Å². The van der Waals surface area contributed by atoms with Gasteiger partial charge in [-0.3, -0.25) is 9.78 Å². The fraction of sp³-hybridized carbons (Fsp3) is 0.227. The topological polar surface area (TPSA) is 67.4 Å². The van der Waals surface area contributed by atoms with E-state index in [1.165, 1.54) is 0 Å². The molecule has 2 aromatic heterocycles. The van der Waals surface area contributed by atoms with E-state index in [-0.39, 0.29) is 5.91 Å². The van der Waals surface area contributed by atoms with Gasteiger partial charge < -0.3 is 15.0 Å². The number of benzene rings is 1. The summed E-state index contributed by atoms with van der Waals surface area (Å²) in [5.74, 6) is 0.814. The molecule has 0 unspecified atom stereocenters. The van der Waals surface area contributed by atoms with Crippen molar-refractivity contribution in [1.82, 2.24) is 15.3 Å². The van der Waals surface area contributed by atoms with Crippen LogP contribution < -0.4 is 10.2 Å². The minimum Gasteiger partial charge on any atom is -0.378 e. The molecule has 1 saturated heterocycles. The monoisotopic (exact) mass is 374 g/mol. The Morgan fingerprint density at radius 2 is 1.86 bits per heavy atom. The highest BCUT2D eigenvalue weighted by molar-refractivity contribution is 5.95. The minimum atomic E-state index is -0.120. The summed E-state index contributed by atoms with van der Waals surface area (Å²) in [5.41, 5.74) is 3.26. The van der Waals surface area contributed by atoms with Crippen molar-refractivity contribution in [3.8, 4) is 11.3 Å². The third-order valence-corrected chi connectivity index (χ3v) is 4.70. The van der Waals surface area contributed by atoms with Crippen LogP contribution in [0.2, 0.25) is 0 Å². The zero-order chi connectivity index (χ0) is 19.2. The number of pyridine rings is 2. The van der Waals surface area contributed by atoms with Crippen molar-refractivity contribution in [3.63, 3.8) is 0 Å². The van der Waals surface area contributed by atoms with Gasteiger partial charge in [-0.05, 0) is 29.8 Å². The number of carbonyl (C=O) groups excluding carboxylic acids is 1. The van der Waals surface area contributed by atoms with Crippen molar-refractivity contribution in [1.29, 1.82) is 0 Å². The average Bonchev–Trinajstić information content (AvgIpc) is 2.79. The van der Waals surface area contributed by atoms with Gasteiger partial charge in [0.05, 0.1) is 18.9 Å². The largest absolute Gasteiger partial charge is 0.378 e. The zero-order valence-electron chi connectivity index (χ0n) is 15.5. The summed E-state index contributed by atoms with van der Waals surface area (Å²) < 4.78 is 5.38. The van der Waals surface area contributed by atoms with E-state index in [1.807, 2.05) is 42.5 Å². The smallest absolute Gasteiger partial charge is 0.251 e. The lowest BCUT2D eigenvalue weighted by atomic mass is 10.1. The molecule has 0 saturated carbocycles. The van der Waals surface area contributed by atoms with E-state index in [1.54, 1.807) is 24.5 Å². The van der Waals surface area contributed by atoms with Gasteiger partial charge in [0.25, 0.3) is 5.91 Å². The molecule has 3 heterocycles. The second-order valence-electron chi connectivity index (χ2n) is 6.60. The Hall–Kier alpha value is -3.25. The van der Waals surface area contributed by atoms with Crippen molar-refractivity contribution in [2.75, 3.05) is 31.2 Å². The van der Waals surface area contributed by atoms with Gasteiger partial charge in [-0.25, -0.2) is 4.98 Å². The van der Waals surface area contributed by atoms with Crippen LogP contribution in [0.3, 0.4) is 0 Å². The highest BCUT2D eigenvalue weighted by Crippen LogP contribution is 2.20. The molecule has 0 radical (unpaired) electrons. The fourth-order valence-corrected chi connectivity index (χ4v) is 3.13. The summed E-state index contributed by atoms with van der Waals surface area (Å²) >= 11 is 0. The standard InChI is InChI=1S/C22H22N4O2/c27-22(25-15-17-4-2-1-3-5-17)18-8-9-23-20(14-18)19-6-7-21(24-16-19)26-10-12-28-13-11-26/h1-9,14,16H,10-13,15H2,(H,25,27). The molecule has 1 amide bonds. The highest BCUT2D eigenvalue weighted by atomic mass is 16.5. The number of nitrogens with zero attached hydrogens (tertiary/aromatic N) is 3. The SMILES string of the molecule is O=C(NCc1ccccc1)c1ccnc(-c2ccc(N3CCOCC3)nc2)c1. The number of aromatic nitrogens is 2. The molecule has 6 nitrogen and oxygen atoms in total. The number of anilines is 1. The van der Waals surface area contributed by atoms with Gasteiger partial charge in [-0.1, -0.05) is 30.3 Å². The first-order valence-corrected chi connectivity index (χ1v) is 9.37. The van der Waals surface area contributed by atoms with E-state index >= 15 is 0 Å². The van der Waals surface area contributed by atoms with Crippen LogP contribution in [0.25, 0.3) is 11.3 Å². The van der Waals surface area contributed by atoms with Gasteiger partial charge in [0.1, 0.15) is 5.82 Å². The molecule has 142 valence electrons. The molecule has 1 aliphatic heterocycles. The van der Waals surface area contributed by atoms with Crippen molar-refractivity contribution in [2.45, 2.75) is 6.54 Å². The minimum absolute atomic E-state index is 0.120. The first kappa shape index (κ1) is 18.1. The lowest BCUT2D eigenvalue weighted by Gasteiger charge is -2.27. The van der Waals surface area contributed by atoms with Crippen LogP contribution in [0.5, 0.6) is 0 Å². The first-order chi connectivity index (χ1) is 13.8. The van der Waals surface area contributed by atoms with E-state index in [2.05, 4.69) is 20.2 Å². The molecule has 28 heavy (non-hydrogen) atoms. The molecular formula is C22H22N4O2. The van der Waals surface area contributed by atoms with Crippen LogP contribution in [0.4, 0.5) is 5.82 Å². The zero-order valence-corrected chi connectivity index (χ0v) is 15.5. The van der Waals surface area contributed by atoms with Gasteiger partial charge >= 0.3 is 0 Å². The average molecular weight is 374 g/mol. The van der Waals surface area contributed by atoms with E-state index < -0.39 is 0 Å². The van der Waals surface area contributed by atoms with Gasteiger partial charge in [0.2, 0.25) is 0 Å². The molecule has 0 aliphatic carbocycles. The van der Waals surface area contributed by atoms with Gasteiger partial charge in [0, 0.05) is 43.2 Å². The second kappa shape index (κ2) is 8.63. The molecule has 6 heteroatoms. The Morgan fingerprint density at radius 3 is 2.61 bits per heavy atom. The number of nitrogens with one attached hydrogen (secondary N) is 1. The molecule has 1 aliphatic rings. The lowest BCUT2D eigenvalue weighted by molar-refractivity contribution is 0.0951. The van der Waals surface area contributed by atoms with Crippen molar-refractivity contribution in [3.05, 3.63) is 78.1 Å². The number of ether oxygens (including phenoxy) is 1. The molecule has 1 aromatic carbocycles. The number of hydrogen-bond donors (Lipinski definition) is 1. The van der Waals surface area contributed by atoms with Crippen LogP contribution in [0.15, 0.2) is 67.0 Å². The Kier molecular flexibility index (Phi) is 5.58. The number of carbonyl (C=O) groups is 1. The Bertz CT molecular complexity index is 923. The summed E-state index contributed by atoms with van der Waals surface area (Å²) in [6.07, 6.45) is 3.46. The first-order valence-electron chi connectivity index (χ1n) is 9.37. The molecule has 0 atom stereocenters. The summed E-state index contributed by atoms with van der Waals surface area (Å²) in [4.78, 5) is 23.6. The van der Waals surface area contributed by atoms with Crippen LogP contribution in [-0.4, -0.2) is 42.2 Å². The maximum atomic E-state index is 12.5. The number of morpholine rings is 1. The molecule has 0 bridgehead atoms. The molecule has 1 fully saturated rings. The summed E-state index contributed by atoms with van der Waals surface area (Å²) in [6, 6.07) is 17.3. The molecular weight excluding hydrogens is 352 g/mol. The predicted octanol–water partition coefficient (Wildman–Crippen LogP) is 2.91. The molecule has 0 spiro atoms.